The molecule has 1 aliphatic rings. The van der Waals surface area contributed by atoms with Crippen molar-refractivity contribution in [2.45, 2.75) is 38.6 Å². The van der Waals surface area contributed by atoms with E-state index in [-0.39, 0.29) is 6.42 Å². The van der Waals surface area contributed by atoms with Crippen LogP contribution in [0.5, 0.6) is 0 Å². The molecule has 0 spiro atoms. The second kappa shape index (κ2) is 5.60. The average Bonchev–Trinajstić information content (AvgIpc) is 2.77. The molecule has 1 fully saturated rings. The van der Waals surface area contributed by atoms with Gasteiger partial charge in [-0.15, -0.1) is 11.3 Å². The lowest BCUT2D eigenvalue weighted by Gasteiger charge is -2.31. The lowest BCUT2D eigenvalue weighted by molar-refractivity contribution is -0.136. The highest BCUT2D eigenvalue weighted by atomic mass is 32.1. The lowest BCUT2D eigenvalue weighted by Crippen LogP contribution is -2.32. The zero-order chi connectivity index (χ0) is 12.3. The van der Waals surface area contributed by atoms with Crippen molar-refractivity contribution in [2.24, 2.45) is 0 Å². The molecule has 94 valence electrons. The Bertz CT molecular complexity index is 386. The summed E-state index contributed by atoms with van der Waals surface area (Å²) in [4.78, 5) is 17.5. The monoisotopic (exact) mass is 254 g/mol. The molecule has 1 N–H and O–H groups in total. The quantitative estimate of drug-likeness (QED) is 0.896. The number of carbonyl (C=O) groups is 1. The number of carboxylic acids is 1. The third kappa shape index (κ3) is 3.26. The fourth-order valence-corrected chi connectivity index (χ4v) is 3.12. The van der Waals surface area contributed by atoms with Crippen molar-refractivity contribution in [1.29, 1.82) is 0 Å². The van der Waals surface area contributed by atoms with Crippen LogP contribution in [0.3, 0.4) is 0 Å². The summed E-state index contributed by atoms with van der Waals surface area (Å²) in [5.74, 6) is -0.813. The van der Waals surface area contributed by atoms with Crippen LogP contribution < -0.4 is 0 Å². The SMILES string of the molecule is CC(c1nc(CC(=O)O)cs1)N1CCCCC1. The molecule has 17 heavy (non-hydrogen) atoms. The Morgan fingerprint density at radius 3 is 2.88 bits per heavy atom. The van der Waals surface area contributed by atoms with E-state index in [9.17, 15) is 4.79 Å². The predicted octanol–water partition coefficient (Wildman–Crippen LogP) is 2.32. The van der Waals surface area contributed by atoms with E-state index in [0.29, 0.717) is 11.7 Å². The van der Waals surface area contributed by atoms with Crippen LogP contribution in [0.25, 0.3) is 0 Å². The van der Waals surface area contributed by atoms with Gasteiger partial charge in [0.2, 0.25) is 0 Å². The number of carboxylic acid groups (broad SMARTS) is 1. The van der Waals surface area contributed by atoms with Crippen LogP contribution in [-0.4, -0.2) is 34.0 Å². The maximum atomic E-state index is 10.6. The van der Waals surface area contributed by atoms with Crippen molar-refractivity contribution in [3.8, 4) is 0 Å². The highest BCUT2D eigenvalue weighted by molar-refractivity contribution is 7.09. The number of piperidine rings is 1. The Morgan fingerprint density at radius 1 is 1.53 bits per heavy atom. The molecule has 1 atom stereocenters. The number of hydrogen-bond acceptors (Lipinski definition) is 4. The molecule has 1 aromatic rings. The molecule has 1 aromatic heterocycles. The van der Waals surface area contributed by atoms with Gasteiger partial charge in [-0.3, -0.25) is 9.69 Å². The second-order valence-electron chi connectivity index (χ2n) is 4.52. The summed E-state index contributed by atoms with van der Waals surface area (Å²) in [5.41, 5.74) is 0.682. The smallest absolute Gasteiger partial charge is 0.309 e. The molecular weight excluding hydrogens is 236 g/mol. The Morgan fingerprint density at radius 2 is 2.24 bits per heavy atom. The van der Waals surface area contributed by atoms with Crippen molar-refractivity contribution in [3.63, 3.8) is 0 Å². The maximum Gasteiger partial charge on any atom is 0.309 e. The molecule has 2 rings (SSSR count). The first kappa shape index (κ1) is 12.5. The summed E-state index contributed by atoms with van der Waals surface area (Å²) < 4.78 is 0. The van der Waals surface area contributed by atoms with Gasteiger partial charge in [0.05, 0.1) is 18.2 Å². The van der Waals surface area contributed by atoms with Crippen LogP contribution in [0.1, 0.15) is 42.9 Å². The number of aliphatic carboxylic acids is 1. The molecule has 0 aromatic carbocycles. The van der Waals surface area contributed by atoms with Crippen LogP contribution in [0.15, 0.2) is 5.38 Å². The van der Waals surface area contributed by atoms with Crippen LogP contribution in [0.2, 0.25) is 0 Å². The maximum absolute atomic E-state index is 10.6. The normalized spacial score (nSPS) is 19.1. The molecular formula is C12H18N2O2S. The highest BCUT2D eigenvalue weighted by Gasteiger charge is 2.20. The van der Waals surface area contributed by atoms with Crippen molar-refractivity contribution in [1.82, 2.24) is 9.88 Å². The number of nitrogens with zero attached hydrogens (tertiary/aromatic N) is 2. The summed E-state index contributed by atoms with van der Waals surface area (Å²) >= 11 is 1.58. The third-order valence-electron chi connectivity index (χ3n) is 3.20. The van der Waals surface area contributed by atoms with Crippen LogP contribution >= 0.6 is 11.3 Å². The van der Waals surface area contributed by atoms with Gasteiger partial charge in [-0.25, -0.2) is 4.98 Å². The fraction of sp³-hybridized carbons (Fsp3) is 0.667. The minimum Gasteiger partial charge on any atom is -0.481 e. The third-order valence-corrected chi connectivity index (χ3v) is 4.26. The van der Waals surface area contributed by atoms with Gasteiger partial charge in [0.15, 0.2) is 0 Å². The van der Waals surface area contributed by atoms with Crippen LogP contribution in [0.4, 0.5) is 0 Å². The summed E-state index contributed by atoms with van der Waals surface area (Å²) in [7, 11) is 0. The van der Waals surface area contributed by atoms with Crippen molar-refractivity contribution < 1.29 is 9.90 Å². The molecule has 4 nitrogen and oxygen atoms in total. The molecule has 1 saturated heterocycles. The van der Waals surface area contributed by atoms with Crippen molar-refractivity contribution in [3.05, 3.63) is 16.1 Å². The Kier molecular flexibility index (Phi) is 4.12. The van der Waals surface area contributed by atoms with Crippen LogP contribution in [0, 0.1) is 0 Å². The van der Waals surface area contributed by atoms with E-state index in [1.54, 1.807) is 11.3 Å². The number of thiazole rings is 1. The van der Waals surface area contributed by atoms with Gasteiger partial charge >= 0.3 is 5.97 Å². The number of likely N-dealkylation sites (tertiary alicyclic amines) is 1. The van der Waals surface area contributed by atoms with E-state index < -0.39 is 5.97 Å². The molecule has 1 unspecified atom stereocenters. The molecule has 0 saturated carbocycles. The summed E-state index contributed by atoms with van der Waals surface area (Å²) in [6, 6.07) is 0.322. The average molecular weight is 254 g/mol. The number of hydrogen-bond donors (Lipinski definition) is 1. The Hall–Kier alpha value is -0.940. The summed E-state index contributed by atoms with van der Waals surface area (Å²) in [6.45, 7) is 4.43. The fourth-order valence-electron chi connectivity index (χ4n) is 2.21. The Balaban J connectivity index is 2.00. The van der Waals surface area contributed by atoms with Crippen molar-refractivity contribution in [2.75, 3.05) is 13.1 Å². The minimum absolute atomic E-state index is 0.0310. The largest absolute Gasteiger partial charge is 0.481 e. The zero-order valence-corrected chi connectivity index (χ0v) is 10.9. The van der Waals surface area contributed by atoms with Gasteiger partial charge in [0.25, 0.3) is 0 Å². The summed E-state index contributed by atoms with van der Waals surface area (Å²) in [6.07, 6.45) is 3.88. The van der Waals surface area contributed by atoms with Gasteiger partial charge in [0.1, 0.15) is 5.01 Å². The molecule has 1 aliphatic heterocycles. The van der Waals surface area contributed by atoms with E-state index in [1.165, 1.54) is 19.3 Å². The topological polar surface area (TPSA) is 53.4 Å². The van der Waals surface area contributed by atoms with Gasteiger partial charge < -0.3 is 5.11 Å². The summed E-state index contributed by atoms with van der Waals surface area (Å²) in [5, 5.41) is 11.6. The van der Waals surface area contributed by atoms with Gasteiger partial charge in [-0.05, 0) is 32.9 Å². The van der Waals surface area contributed by atoms with E-state index in [4.69, 9.17) is 5.11 Å². The van der Waals surface area contributed by atoms with E-state index in [0.717, 1.165) is 18.1 Å². The minimum atomic E-state index is -0.813. The van der Waals surface area contributed by atoms with E-state index in [1.807, 2.05) is 5.38 Å². The number of rotatable bonds is 4. The standard InChI is InChI=1S/C12H18N2O2S/c1-9(14-5-3-2-4-6-14)12-13-10(8-17-12)7-11(15)16/h8-9H,2-7H2,1H3,(H,15,16). The lowest BCUT2D eigenvalue weighted by atomic mass is 10.1. The predicted molar refractivity (Wildman–Crippen MR) is 67.3 cm³/mol. The second-order valence-corrected chi connectivity index (χ2v) is 5.41. The molecule has 0 radical (unpaired) electrons. The molecule has 5 heteroatoms. The van der Waals surface area contributed by atoms with Crippen LogP contribution in [-0.2, 0) is 11.2 Å². The highest BCUT2D eigenvalue weighted by Crippen LogP contribution is 2.26. The molecule has 0 bridgehead atoms. The molecule has 0 aliphatic carbocycles. The first-order valence-corrected chi connectivity index (χ1v) is 6.95. The Labute approximate surface area is 105 Å². The molecule has 0 amide bonds. The number of aromatic nitrogens is 1. The first-order chi connectivity index (χ1) is 8.16. The zero-order valence-electron chi connectivity index (χ0n) is 10.1. The molecule has 2 heterocycles. The van der Waals surface area contributed by atoms with Gasteiger partial charge in [-0.1, -0.05) is 6.42 Å². The van der Waals surface area contributed by atoms with E-state index in [2.05, 4.69) is 16.8 Å². The van der Waals surface area contributed by atoms with Crippen molar-refractivity contribution >= 4 is 17.3 Å². The van der Waals surface area contributed by atoms with Gasteiger partial charge in [-0.2, -0.15) is 0 Å². The van der Waals surface area contributed by atoms with E-state index >= 15 is 0 Å². The van der Waals surface area contributed by atoms with Gasteiger partial charge in [0, 0.05) is 5.38 Å². The first-order valence-electron chi connectivity index (χ1n) is 6.07.